The Bertz CT molecular complexity index is 649. The van der Waals surface area contributed by atoms with Gasteiger partial charge in [-0.05, 0) is 23.6 Å². The summed E-state index contributed by atoms with van der Waals surface area (Å²) in [6.07, 6.45) is 0. The molecule has 3 rings (SSSR count). The molecule has 0 amide bonds. The average molecular weight is 326 g/mol. The van der Waals surface area contributed by atoms with Crippen LogP contribution >= 0.6 is 27.3 Å². The second kappa shape index (κ2) is 3.78. The number of carboxylic acid groups (broad SMARTS) is 1. The van der Waals surface area contributed by atoms with E-state index in [1.807, 2.05) is 32.0 Å². The smallest absolute Gasteiger partial charge is 0.307 e. The highest BCUT2D eigenvalue weighted by atomic mass is 79.9. The number of fused-ring (bicyclic) bond motifs is 1. The Kier molecular flexibility index (Phi) is 2.54. The summed E-state index contributed by atoms with van der Waals surface area (Å²) in [5.74, 6) is -0.974. The summed E-state index contributed by atoms with van der Waals surface area (Å²) >= 11 is 5.04. The van der Waals surface area contributed by atoms with Gasteiger partial charge < -0.3 is 5.11 Å². The molecular weight excluding hydrogens is 314 g/mol. The van der Waals surface area contributed by atoms with Crippen LogP contribution in [0.3, 0.4) is 0 Å². The Hall–Kier alpha value is -0.940. The highest BCUT2D eigenvalue weighted by molar-refractivity contribution is 9.10. The zero-order valence-electron chi connectivity index (χ0n) is 9.98. The first-order valence-corrected chi connectivity index (χ1v) is 7.31. The van der Waals surface area contributed by atoms with Crippen LogP contribution in [0.5, 0.6) is 0 Å². The summed E-state index contributed by atoms with van der Waals surface area (Å²) in [5, 5.41) is 10.2. The van der Waals surface area contributed by atoms with Crippen LogP contribution in [0.15, 0.2) is 22.7 Å². The van der Waals surface area contributed by atoms with Gasteiger partial charge in [-0.25, -0.2) is 4.98 Å². The summed E-state index contributed by atoms with van der Waals surface area (Å²) in [7, 11) is 0. The van der Waals surface area contributed by atoms with Crippen LogP contribution in [0, 0.1) is 11.3 Å². The van der Waals surface area contributed by atoms with E-state index >= 15 is 0 Å². The van der Waals surface area contributed by atoms with Crippen molar-refractivity contribution in [2.24, 2.45) is 11.3 Å². The predicted molar refractivity (Wildman–Crippen MR) is 75.0 cm³/mol. The quantitative estimate of drug-likeness (QED) is 0.911. The van der Waals surface area contributed by atoms with Crippen molar-refractivity contribution in [3.8, 4) is 0 Å². The Morgan fingerprint density at radius 2 is 2.22 bits per heavy atom. The summed E-state index contributed by atoms with van der Waals surface area (Å²) in [6, 6.07) is 5.95. The van der Waals surface area contributed by atoms with Gasteiger partial charge in [0, 0.05) is 10.4 Å². The minimum Gasteiger partial charge on any atom is -0.481 e. The monoisotopic (exact) mass is 325 g/mol. The number of hydrogen-bond acceptors (Lipinski definition) is 3. The van der Waals surface area contributed by atoms with Gasteiger partial charge in [0.05, 0.1) is 21.1 Å². The van der Waals surface area contributed by atoms with Gasteiger partial charge in [0.2, 0.25) is 0 Å². The minimum atomic E-state index is -0.717. The second-order valence-electron chi connectivity index (χ2n) is 5.28. The van der Waals surface area contributed by atoms with Crippen molar-refractivity contribution >= 4 is 43.5 Å². The lowest BCUT2D eigenvalue weighted by Crippen LogP contribution is -2.03. The molecule has 0 aliphatic heterocycles. The predicted octanol–water partition coefficient (Wildman–Crippen LogP) is 3.88. The van der Waals surface area contributed by atoms with Crippen molar-refractivity contribution in [3.63, 3.8) is 0 Å². The molecule has 0 radical (unpaired) electrons. The number of hydrogen-bond donors (Lipinski definition) is 1. The van der Waals surface area contributed by atoms with E-state index in [1.54, 1.807) is 11.3 Å². The molecule has 0 bridgehead atoms. The van der Waals surface area contributed by atoms with Crippen molar-refractivity contribution in [2.45, 2.75) is 19.8 Å². The standard InChI is InChI=1S/C13H12BrNO2S/c1-13(2)9(10(13)12(16)17)11-15-7-4-3-6(14)5-8(7)18-11/h3-5,9-10H,1-2H3,(H,16,17). The molecule has 1 aromatic heterocycles. The first-order chi connectivity index (χ1) is 8.41. The molecule has 1 N–H and O–H groups in total. The number of aliphatic carboxylic acids is 1. The molecule has 1 fully saturated rings. The molecule has 94 valence electrons. The van der Waals surface area contributed by atoms with Gasteiger partial charge in [0.15, 0.2) is 0 Å². The molecule has 0 spiro atoms. The second-order valence-corrected chi connectivity index (χ2v) is 7.26. The van der Waals surface area contributed by atoms with Crippen LogP contribution in [0.2, 0.25) is 0 Å². The maximum absolute atomic E-state index is 11.2. The molecule has 2 unspecified atom stereocenters. The van der Waals surface area contributed by atoms with Crippen LogP contribution in [0.4, 0.5) is 0 Å². The number of carboxylic acids is 1. The highest BCUT2D eigenvalue weighted by Crippen LogP contribution is 2.65. The van der Waals surface area contributed by atoms with Crippen LogP contribution in [0.1, 0.15) is 24.8 Å². The lowest BCUT2D eigenvalue weighted by molar-refractivity contribution is -0.139. The van der Waals surface area contributed by atoms with E-state index < -0.39 is 5.97 Å². The van der Waals surface area contributed by atoms with Gasteiger partial charge in [-0.15, -0.1) is 11.3 Å². The maximum atomic E-state index is 11.2. The summed E-state index contributed by atoms with van der Waals surface area (Å²) in [6.45, 7) is 4.00. The van der Waals surface area contributed by atoms with E-state index in [0.717, 1.165) is 19.7 Å². The third-order valence-electron chi connectivity index (χ3n) is 3.73. The zero-order valence-corrected chi connectivity index (χ0v) is 12.4. The lowest BCUT2D eigenvalue weighted by atomic mass is 10.1. The van der Waals surface area contributed by atoms with Crippen molar-refractivity contribution in [2.75, 3.05) is 0 Å². The van der Waals surface area contributed by atoms with Crippen molar-refractivity contribution in [3.05, 3.63) is 27.7 Å². The van der Waals surface area contributed by atoms with Gasteiger partial charge >= 0.3 is 5.97 Å². The van der Waals surface area contributed by atoms with Crippen molar-refractivity contribution in [1.82, 2.24) is 4.98 Å². The molecule has 2 aromatic rings. The number of aromatic nitrogens is 1. The SMILES string of the molecule is CC1(C)C(C(=O)O)C1c1nc2ccc(Br)cc2s1. The van der Waals surface area contributed by atoms with Crippen molar-refractivity contribution < 1.29 is 9.90 Å². The Balaban J connectivity index is 2.04. The number of nitrogens with zero attached hydrogens (tertiary/aromatic N) is 1. The third kappa shape index (κ3) is 1.68. The fraction of sp³-hybridized carbons (Fsp3) is 0.385. The Morgan fingerprint density at radius 3 is 2.83 bits per heavy atom. The van der Waals surface area contributed by atoms with Gasteiger partial charge in [0.25, 0.3) is 0 Å². The van der Waals surface area contributed by atoms with E-state index in [-0.39, 0.29) is 17.3 Å². The van der Waals surface area contributed by atoms with Gasteiger partial charge in [-0.1, -0.05) is 29.8 Å². The van der Waals surface area contributed by atoms with Crippen LogP contribution in [-0.4, -0.2) is 16.1 Å². The molecule has 0 saturated heterocycles. The molecule has 1 aliphatic rings. The number of halogens is 1. The summed E-state index contributed by atoms with van der Waals surface area (Å²) in [4.78, 5) is 15.8. The van der Waals surface area contributed by atoms with Crippen LogP contribution in [-0.2, 0) is 4.79 Å². The molecule has 18 heavy (non-hydrogen) atoms. The van der Waals surface area contributed by atoms with Gasteiger partial charge in [-0.3, -0.25) is 4.79 Å². The van der Waals surface area contributed by atoms with Crippen molar-refractivity contribution in [1.29, 1.82) is 0 Å². The zero-order chi connectivity index (χ0) is 13.1. The van der Waals surface area contributed by atoms with Crippen LogP contribution < -0.4 is 0 Å². The largest absolute Gasteiger partial charge is 0.481 e. The van der Waals surface area contributed by atoms with E-state index in [1.165, 1.54) is 0 Å². The number of benzene rings is 1. The van der Waals surface area contributed by atoms with E-state index in [4.69, 9.17) is 0 Å². The molecular formula is C13H12BrNO2S. The maximum Gasteiger partial charge on any atom is 0.307 e. The van der Waals surface area contributed by atoms with E-state index in [2.05, 4.69) is 20.9 Å². The topological polar surface area (TPSA) is 50.2 Å². The van der Waals surface area contributed by atoms with E-state index in [9.17, 15) is 9.90 Å². The first-order valence-electron chi connectivity index (χ1n) is 5.70. The summed E-state index contributed by atoms with van der Waals surface area (Å²) < 4.78 is 2.13. The average Bonchev–Trinajstić information content (AvgIpc) is 2.66. The first kappa shape index (κ1) is 12.1. The molecule has 2 atom stereocenters. The molecule has 3 nitrogen and oxygen atoms in total. The van der Waals surface area contributed by atoms with Crippen LogP contribution in [0.25, 0.3) is 10.2 Å². The molecule has 1 aliphatic carbocycles. The van der Waals surface area contributed by atoms with E-state index in [0.29, 0.717) is 0 Å². The molecule has 5 heteroatoms. The molecule has 1 heterocycles. The Morgan fingerprint density at radius 1 is 1.50 bits per heavy atom. The number of rotatable bonds is 2. The number of thiazole rings is 1. The lowest BCUT2D eigenvalue weighted by Gasteiger charge is -1.97. The fourth-order valence-electron chi connectivity index (χ4n) is 2.61. The summed E-state index contributed by atoms with van der Waals surface area (Å²) in [5.41, 5.74) is 0.766. The highest BCUT2D eigenvalue weighted by Gasteiger charge is 2.64. The Labute approximate surface area is 117 Å². The normalized spacial score (nSPS) is 25.3. The van der Waals surface area contributed by atoms with Gasteiger partial charge in [-0.2, -0.15) is 0 Å². The molecule has 1 saturated carbocycles. The molecule has 1 aromatic carbocycles. The van der Waals surface area contributed by atoms with Gasteiger partial charge in [0.1, 0.15) is 0 Å². The fourth-order valence-corrected chi connectivity index (χ4v) is 4.46. The minimum absolute atomic E-state index is 0.0474. The third-order valence-corrected chi connectivity index (χ3v) is 5.32. The number of carbonyl (C=O) groups is 1.